The van der Waals surface area contributed by atoms with Gasteiger partial charge in [-0.1, -0.05) is 18.2 Å². The molecule has 2 atom stereocenters. The Bertz CT molecular complexity index is 1370. The molecule has 0 amide bonds. The Morgan fingerprint density at radius 2 is 1.86 bits per heavy atom. The zero-order chi connectivity index (χ0) is 24.5. The third-order valence-corrected chi connectivity index (χ3v) is 6.32. The number of aromatic nitrogens is 1. The lowest BCUT2D eigenvalue weighted by molar-refractivity contribution is -0.384. The zero-order valence-corrected chi connectivity index (χ0v) is 20.0. The second-order valence-electron chi connectivity index (χ2n) is 8.42. The molecule has 3 heterocycles. The SMILES string of the molecule is CN(C)c1ccc(N2C(=S)N[C@@H](c3ccccn3)[C@H]2c2ccc(-c3cccc([N+](=O)[O-])c3)o2)cc1. The lowest BCUT2D eigenvalue weighted by Gasteiger charge is -2.26. The smallest absolute Gasteiger partial charge is 0.270 e. The molecule has 0 aliphatic carbocycles. The van der Waals surface area contributed by atoms with Crippen LogP contribution < -0.4 is 15.1 Å². The van der Waals surface area contributed by atoms with Gasteiger partial charge in [0.05, 0.1) is 16.7 Å². The molecule has 176 valence electrons. The monoisotopic (exact) mass is 485 g/mol. The maximum absolute atomic E-state index is 11.2. The summed E-state index contributed by atoms with van der Waals surface area (Å²) in [5.74, 6) is 1.22. The van der Waals surface area contributed by atoms with Gasteiger partial charge in [0.15, 0.2) is 5.11 Å². The standard InChI is InChI=1S/C26H23N5O3S/c1-29(2)18-9-11-19(12-10-18)30-25(24(28-26(30)35)21-8-3-4-15-27-21)23-14-13-22(34-23)17-6-5-7-20(16-17)31(32)33/h3-16,24-25H,1-2H3,(H,28,35)/t24-,25+/m0/s1. The number of furan rings is 1. The van der Waals surface area contributed by atoms with Gasteiger partial charge < -0.3 is 19.5 Å². The third-order valence-electron chi connectivity index (χ3n) is 6.00. The third kappa shape index (κ3) is 4.33. The number of nitrogens with zero attached hydrogens (tertiary/aromatic N) is 4. The fourth-order valence-electron chi connectivity index (χ4n) is 4.27. The number of thiocarbonyl (C=S) groups is 1. The van der Waals surface area contributed by atoms with Crippen LogP contribution >= 0.6 is 12.2 Å². The predicted molar refractivity (Wildman–Crippen MR) is 139 cm³/mol. The van der Waals surface area contributed by atoms with Crippen molar-refractivity contribution in [2.24, 2.45) is 0 Å². The Hall–Kier alpha value is -4.24. The molecule has 9 heteroatoms. The van der Waals surface area contributed by atoms with Gasteiger partial charge in [-0.3, -0.25) is 15.1 Å². The molecule has 8 nitrogen and oxygen atoms in total. The van der Waals surface area contributed by atoms with Gasteiger partial charge in [-0.05, 0) is 60.7 Å². The first-order valence-corrected chi connectivity index (χ1v) is 11.5. The van der Waals surface area contributed by atoms with Crippen molar-refractivity contribution in [2.75, 3.05) is 23.9 Å². The number of pyridine rings is 1. The lowest BCUT2D eigenvalue weighted by atomic mass is 10.0. The summed E-state index contributed by atoms with van der Waals surface area (Å²) >= 11 is 5.77. The van der Waals surface area contributed by atoms with E-state index in [4.69, 9.17) is 16.6 Å². The van der Waals surface area contributed by atoms with Gasteiger partial charge in [-0.25, -0.2) is 0 Å². The zero-order valence-electron chi connectivity index (χ0n) is 19.2. The van der Waals surface area contributed by atoms with Crippen molar-refractivity contribution in [2.45, 2.75) is 12.1 Å². The van der Waals surface area contributed by atoms with Crippen molar-refractivity contribution >= 4 is 34.4 Å². The highest BCUT2D eigenvalue weighted by molar-refractivity contribution is 7.80. The van der Waals surface area contributed by atoms with Crippen LogP contribution in [-0.2, 0) is 0 Å². The topological polar surface area (TPSA) is 87.7 Å². The number of nitrogens with one attached hydrogen (secondary N) is 1. The summed E-state index contributed by atoms with van der Waals surface area (Å²) in [6.07, 6.45) is 1.75. The first kappa shape index (κ1) is 22.5. The summed E-state index contributed by atoms with van der Waals surface area (Å²) in [5.41, 5.74) is 3.48. The van der Waals surface area contributed by atoms with E-state index in [1.165, 1.54) is 12.1 Å². The van der Waals surface area contributed by atoms with E-state index in [2.05, 4.69) is 10.3 Å². The molecule has 5 rings (SSSR count). The maximum atomic E-state index is 11.2. The van der Waals surface area contributed by atoms with Crippen LogP contribution in [0.2, 0.25) is 0 Å². The van der Waals surface area contributed by atoms with Crippen molar-refractivity contribution in [1.82, 2.24) is 10.3 Å². The molecule has 1 N–H and O–H groups in total. The van der Waals surface area contributed by atoms with E-state index in [1.54, 1.807) is 18.3 Å². The fourth-order valence-corrected chi connectivity index (χ4v) is 4.62. The summed E-state index contributed by atoms with van der Waals surface area (Å²) in [6, 6.07) is 23.5. The summed E-state index contributed by atoms with van der Waals surface area (Å²) in [4.78, 5) is 19.5. The first-order chi connectivity index (χ1) is 16.9. The molecule has 1 saturated heterocycles. The van der Waals surface area contributed by atoms with Crippen LogP contribution in [0.3, 0.4) is 0 Å². The molecular weight excluding hydrogens is 462 g/mol. The van der Waals surface area contributed by atoms with Gasteiger partial charge >= 0.3 is 0 Å². The highest BCUT2D eigenvalue weighted by Gasteiger charge is 2.42. The Morgan fingerprint density at radius 1 is 1.06 bits per heavy atom. The number of hydrogen-bond donors (Lipinski definition) is 1. The number of anilines is 2. The number of benzene rings is 2. The largest absolute Gasteiger partial charge is 0.459 e. The van der Waals surface area contributed by atoms with E-state index in [0.29, 0.717) is 22.2 Å². The first-order valence-electron chi connectivity index (χ1n) is 11.0. The van der Waals surface area contributed by atoms with Crippen LogP contribution in [0.25, 0.3) is 11.3 Å². The molecule has 35 heavy (non-hydrogen) atoms. The maximum Gasteiger partial charge on any atom is 0.270 e. The highest BCUT2D eigenvalue weighted by Crippen LogP contribution is 2.43. The average Bonchev–Trinajstić information content (AvgIpc) is 3.49. The normalized spacial score (nSPS) is 17.3. The van der Waals surface area contributed by atoms with Crippen LogP contribution in [0.1, 0.15) is 23.5 Å². The average molecular weight is 486 g/mol. The van der Waals surface area contributed by atoms with Crippen molar-refractivity contribution in [3.63, 3.8) is 0 Å². The van der Waals surface area contributed by atoms with E-state index in [1.807, 2.05) is 78.5 Å². The van der Waals surface area contributed by atoms with Gasteiger partial charge in [-0.15, -0.1) is 0 Å². The molecule has 0 bridgehead atoms. The molecule has 2 aromatic carbocycles. The van der Waals surface area contributed by atoms with E-state index < -0.39 is 4.92 Å². The van der Waals surface area contributed by atoms with E-state index in [9.17, 15) is 10.1 Å². The molecule has 0 saturated carbocycles. The minimum atomic E-state index is -0.414. The molecule has 4 aromatic rings. The van der Waals surface area contributed by atoms with Crippen molar-refractivity contribution in [3.05, 3.63) is 107 Å². The van der Waals surface area contributed by atoms with Crippen LogP contribution in [0.5, 0.6) is 0 Å². The Kier molecular flexibility index (Phi) is 5.92. The molecular formula is C26H23N5O3S. The minimum absolute atomic E-state index is 0.0122. The summed E-state index contributed by atoms with van der Waals surface area (Å²) < 4.78 is 6.30. The second kappa shape index (κ2) is 9.19. The van der Waals surface area contributed by atoms with E-state index in [-0.39, 0.29) is 17.8 Å². The molecule has 0 spiro atoms. The molecule has 1 aliphatic heterocycles. The second-order valence-corrected chi connectivity index (χ2v) is 8.80. The minimum Gasteiger partial charge on any atom is -0.459 e. The van der Waals surface area contributed by atoms with Crippen LogP contribution in [0.4, 0.5) is 17.1 Å². The number of rotatable bonds is 6. The Morgan fingerprint density at radius 3 is 2.54 bits per heavy atom. The molecule has 0 radical (unpaired) electrons. The lowest BCUT2D eigenvalue weighted by Crippen LogP contribution is -2.29. The van der Waals surface area contributed by atoms with Crippen LogP contribution in [0.15, 0.2) is 89.5 Å². The molecule has 1 aliphatic rings. The Labute approximate surface area is 208 Å². The van der Waals surface area contributed by atoms with Crippen LogP contribution in [0, 0.1) is 10.1 Å². The summed E-state index contributed by atoms with van der Waals surface area (Å²) in [7, 11) is 3.99. The number of hydrogen-bond acceptors (Lipinski definition) is 6. The van der Waals surface area contributed by atoms with Crippen molar-refractivity contribution < 1.29 is 9.34 Å². The fraction of sp³-hybridized carbons (Fsp3) is 0.154. The van der Waals surface area contributed by atoms with E-state index in [0.717, 1.165) is 17.1 Å². The number of nitro benzene ring substituents is 1. The van der Waals surface area contributed by atoms with Crippen LogP contribution in [-0.4, -0.2) is 29.1 Å². The quantitative estimate of drug-likeness (QED) is 0.218. The van der Waals surface area contributed by atoms with Gasteiger partial charge in [0.25, 0.3) is 5.69 Å². The van der Waals surface area contributed by atoms with E-state index >= 15 is 0 Å². The highest BCUT2D eigenvalue weighted by atomic mass is 32.1. The van der Waals surface area contributed by atoms with Gasteiger partial charge in [0, 0.05) is 49.4 Å². The van der Waals surface area contributed by atoms with Crippen molar-refractivity contribution in [1.29, 1.82) is 0 Å². The molecule has 2 aromatic heterocycles. The number of nitro groups is 1. The summed E-state index contributed by atoms with van der Waals surface area (Å²) in [6.45, 7) is 0. The molecule has 1 fully saturated rings. The number of non-ortho nitro benzene ring substituents is 1. The Balaban J connectivity index is 1.57. The van der Waals surface area contributed by atoms with Crippen molar-refractivity contribution in [3.8, 4) is 11.3 Å². The molecule has 0 unspecified atom stereocenters. The van der Waals surface area contributed by atoms with Gasteiger partial charge in [0.2, 0.25) is 0 Å². The predicted octanol–water partition coefficient (Wildman–Crippen LogP) is 5.49. The van der Waals surface area contributed by atoms with Gasteiger partial charge in [0.1, 0.15) is 17.6 Å². The van der Waals surface area contributed by atoms with Gasteiger partial charge in [-0.2, -0.15) is 0 Å². The summed E-state index contributed by atoms with van der Waals surface area (Å²) in [5, 5.41) is 15.2.